The van der Waals surface area contributed by atoms with Gasteiger partial charge in [0.2, 0.25) is 23.6 Å². The SMILES string of the molecule is CC(=O)N1CCc2c(c(N3CCCc4cc(-c5cn(CC(=O)N6CC(CCOc7cccc8c7C(=O)N(C7CCC(=O)NC7=O)C8=O)C6)c6ccncc56)c(C(F)F)cc43)nn2C2CCOCC2)C1. The van der Waals surface area contributed by atoms with Crippen LogP contribution in [0, 0.1) is 5.92 Å². The van der Waals surface area contributed by atoms with E-state index in [0.29, 0.717) is 98.7 Å². The maximum atomic E-state index is 15.4. The third kappa shape index (κ3) is 7.89. The number of pyridine rings is 1. The Kier molecular flexibility index (Phi) is 11.5. The Labute approximate surface area is 395 Å². The number of hydrogen-bond acceptors (Lipinski definition) is 11. The lowest BCUT2D eigenvalue weighted by Crippen LogP contribution is -2.54. The number of nitrogens with one attached hydrogen (secondary N) is 1. The second kappa shape index (κ2) is 17.8. The summed E-state index contributed by atoms with van der Waals surface area (Å²) in [6, 6.07) is 9.06. The van der Waals surface area contributed by atoms with Crippen LogP contribution in [0.1, 0.15) is 101 Å². The fourth-order valence-electron chi connectivity index (χ4n) is 11.1. The van der Waals surface area contributed by atoms with Crippen molar-refractivity contribution in [2.45, 2.75) is 89.9 Å². The molecule has 1 unspecified atom stereocenters. The van der Waals surface area contributed by atoms with Gasteiger partial charge in [0, 0.05) is 111 Å². The summed E-state index contributed by atoms with van der Waals surface area (Å²) in [7, 11) is 0. The second-order valence-corrected chi connectivity index (χ2v) is 18.8. The first-order chi connectivity index (χ1) is 33.4. The van der Waals surface area contributed by atoms with Crippen LogP contribution in [-0.4, -0.2) is 122 Å². The van der Waals surface area contributed by atoms with E-state index < -0.39 is 36.1 Å². The maximum absolute atomic E-state index is 15.4. The van der Waals surface area contributed by atoms with Gasteiger partial charge in [-0.3, -0.25) is 48.6 Å². The minimum atomic E-state index is -2.81. The summed E-state index contributed by atoms with van der Waals surface area (Å²) < 4.78 is 46.5. The van der Waals surface area contributed by atoms with Gasteiger partial charge in [0.15, 0.2) is 5.82 Å². The van der Waals surface area contributed by atoms with E-state index in [4.69, 9.17) is 14.6 Å². The summed E-state index contributed by atoms with van der Waals surface area (Å²) in [5, 5.41) is 8.07. The highest BCUT2D eigenvalue weighted by molar-refractivity contribution is 6.24. The van der Waals surface area contributed by atoms with E-state index in [9.17, 15) is 28.8 Å². The summed E-state index contributed by atoms with van der Waals surface area (Å²) in [5.74, 6) is -1.49. The summed E-state index contributed by atoms with van der Waals surface area (Å²) in [6.07, 6.45) is 6.64. The van der Waals surface area contributed by atoms with E-state index in [1.807, 2.05) is 11.0 Å². The molecule has 0 aliphatic carbocycles. The van der Waals surface area contributed by atoms with Gasteiger partial charge in [0.05, 0.1) is 35.8 Å². The first-order valence-corrected chi connectivity index (χ1v) is 23.8. The third-order valence-corrected chi connectivity index (χ3v) is 14.7. The standard InChI is InChI=1S/C50H51F2N9O8/c1-28(62)56-16-10-39-37(26-56)47(55-61(39)31-12-17-68-18-13-31)59-15-3-4-30-20-33(34(46(51)52)21-41(30)59)36-25-57(38-9-14-53-22-35(36)38)27-44(64)58-23-29(24-58)11-19-69-42-6-2-5-32-45(42)50(67)60(49(32)66)40-7-8-43(63)54-48(40)65/h2,5-6,9,14,20-22,25,29,31,40,46H,3-4,7-8,10-13,15-19,23-24,26-27H2,1H3,(H,54,63,65). The predicted molar refractivity (Wildman–Crippen MR) is 245 cm³/mol. The van der Waals surface area contributed by atoms with Gasteiger partial charge < -0.3 is 28.7 Å². The highest BCUT2D eigenvalue weighted by Crippen LogP contribution is 2.45. The second-order valence-electron chi connectivity index (χ2n) is 18.8. The van der Waals surface area contributed by atoms with Crippen molar-refractivity contribution < 1.29 is 47.0 Å². The molecular weight excluding hydrogens is 893 g/mol. The average Bonchev–Trinajstić information content (AvgIpc) is 3.98. The van der Waals surface area contributed by atoms with Gasteiger partial charge >= 0.3 is 0 Å². The lowest BCUT2D eigenvalue weighted by atomic mass is 9.91. The highest BCUT2D eigenvalue weighted by Gasteiger charge is 2.46. The Morgan fingerprint density at radius 3 is 2.55 bits per heavy atom. The van der Waals surface area contributed by atoms with Crippen molar-refractivity contribution in [1.82, 2.24) is 39.3 Å². The zero-order chi connectivity index (χ0) is 47.7. The molecule has 19 heteroatoms. The van der Waals surface area contributed by atoms with Crippen LogP contribution in [0.15, 0.2) is 55.0 Å². The molecule has 358 valence electrons. The van der Waals surface area contributed by atoms with Crippen molar-refractivity contribution in [3.05, 3.63) is 88.5 Å². The number of hydrogen-bond donors (Lipinski definition) is 1. The lowest BCUT2D eigenvalue weighted by molar-refractivity contribution is -0.138. The van der Waals surface area contributed by atoms with Crippen molar-refractivity contribution in [3.63, 3.8) is 0 Å². The molecule has 3 aromatic heterocycles. The maximum Gasteiger partial charge on any atom is 0.266 e. The molecule has 1 atom stereocenters. The van der Waals surface area contributed by atoms with Crippen molar-refractivity contribution in [2.75, 3.05) is 50.9 Å². The third-order valence-electron chi connectivity index (χ3n) is 14.7. The van der Waals surface area contributed by atoms with E-state index in [1.165, 1.54) is 6.07 Å². The Bertz CT molecular complexity index is 2960. The smallest absolute Gasteiger partial charge is 0.266 e. The minimum absolute atomic E-state index is 0.0133. The van der Waals surface area contributed by atoms with E-state index in [1.54, 1.807) is 59.2 Å². The van der Waals surface area contributed by atoms with E-state index in [0.717, 1.165) is 41.0 Å². The van der Waals surface area contributed by atoms with Crippen LogP contribution >= 0.6 is 0 Å². The number of aryl methyl sites for hydroxylation is 1. The van der Waals surface area contributed by atoms with Crippen LogP contribution in [0.4, 0.5) is 20.3 Å². The van der Waals surface area contributed by atoms with Crippen molar-refractivity contribution in [1.29, 1.82) is 0 Å². The molecule has 0 bridgehead atoms. The number of likely N-dealkylation sites (tertiary alicyclic amines) is 1. The molecule has 9 heterocycles. The Morgan fingerprint density at radius 2 is 1.77 bits per heavy atom. The van der Waals surface area contributed by atoms with Crippen molar-refractivity contribution in [3.8, 4) is 16.9 Å². The largest absolute Gasteiger partial charge is 0.493 e. The fraction of sp³-hybridized carbons (Fsp3) is 0.440. The number of ether oxygens (including phenoxy) is 2. The number of carbonyl (C=O) groups is 6. The van der Waals surface area contributed by atoms with Gasteiger partial charge in [0.1, 0.15) is 18.3 Å². The van der Waals surface area contributed by atoms with Gasteiger partial charge in [-0.05, 0) is 85.9 Å². The normalized spacial score (nSPS) is 19.8. The molecule has 2 aromatic carbocycles. The average molecular weight is 944 g/mol. The summed E-state index contributed by atoms with van der Waals surface area (Å²) >= 11 is 0. The summed E-state index contributed by atoms with van der Waals surface area (Å²) in [5.41, 5.74) is 5.38. The van der Waals surface area contributed by atoms with E-state index in [-0.39, 0.29) is 72.2 Å². The summed E-state index contributed by atoms with van der Waals surface area (Å²) in [6.45, 7) is 5.60. The molecule has 11 rings (SSSR count). The summed E-state index contributed by atoms with van der Waals surface area (Å²) in [4.78, 5) is 88.3. The van der Waals surface area contributed by atoms with Crippen LogP contribution in [0.25, 0.3) is 22.0 Å². The number of fused-ring (bicyclic) bond motifs is 4. The monoisotopic (exact) mass is 943 g/mol. The molecule has 0 spiro atoms. The topological polar surface area (TPSA) is 182 Å². The fourth-order valence-corrected chi connectivity index (χ4v) is 11.1. The van der Waals surface area contributed by atoms with Crippen molar-refractivity contribution in [2.24, 2.45) is 5.92 Å². The zero-order valence-electron chi connectivity index (χ0n) is 38.1. The molecule has 5 aromatic rings. The number of rotatable bonds is 11. The lowest BCUT2D eigenvalue weighted by Gasteiger charge is -2.39. The van der Waals surface area contributed by atoms with E-state index >= 15 is 8.78 Å². The molecular formula is C50H51F2N9O8. The molecule has 3 fully saturated rings. The molecule has 6 aliphatic rings. The zero-order valence-corrected chi connectivity index (χ0v) is 38.1. The molecule has 69 heavy (non-hydrogen) atoms. The van der Waals surface area contributed by atoms with Crippen LogP contribution in [0.5, 0.6) is 5.75 Å². The molecule has 3 saturated heterocycles. The number of alkyl halides is 2. The number of amides is 6. The van der Waals surface area contributed by atoms with E-state index in [2.05, 4.69) is 19.9 Å². The quantitative estimate of drug-likeness (QED) is 0.165. The molecule has 0 radical (unpaired) electrons. The number of carbonyl (C=O) groups excluding carboxylic acids is 6. The van der Waals surface area contributed by atoms with Crippen molar-refractivity contribution >= 4 is 57.9 Å². The van der Waals surface area contributed by atoms with Crippen LogP contribution in [-0.2, 0) is 49.8 Å². The highest BCUT2D eigenvalue weighted by atomic mass is 19.3. The van der Waals surface area contributed by atoms with Gasteiger partial charge in [0.25, 0.3) is 18.2 Å². The molecule has 6 aliphatic heterocycles. The van der Waals surface area contributed by atoms with Gasteiger partial charge in [-0.2, -0.15) is 5.10 Å². The molecule has 17 nitrogen and oxygen atoms in total. The van der Waals surface area contributed by atoms with Gasteiger partial charge in [-0.25, -0.2) is 8.78 Å². The van der Waals surface area contributed by atoms with Gasteiger partial charge in [-0.1, -0.05) is 6.07 Å². The van der Waals surface area contributed by atoms with Crippen LogP contribution < -0.4 is 15.0 Å². The van der Waals surface area contributed by atoms with Crippen LogP contribution in [0.3, 0.4) is 0 Å². The number of anilines is 2. The molecule has 1 N–H and O–H groups in total. The number of nitrogens with zero attached hydrogens (tertiary/aromatic N) is 8. The number of imide groups is 2. The Balaban J connectivity index is 0.790. The number of piperidine rings is 1. The van der Waals surface area contributed by atoms with Gasteiger partial charge in [-0.15, -0.1) is 0 Å². The Hall–Kier alpha value is -7.02. The molecule has 0 saturated carbocycles. The predicted octanol–water partition coefficient (Wildman–Crippen LogP) is 5.51. The first-order valence-electron chi connectivity index (χ1n) is 23.8. The number of aromatic nitrogens is 4. The first kappa shape index (κ1) is 44.5. The number of benzene rings is 2. The minimum Gasteiger partial charge on any atom is -0.493 e. The Morgan fingerprint density at radius 1 is 0.942 bits per heavy atom. The van der Waals surface area contributed by atoms with Crippen LogP contribution in [0.2, 0.25) is 0 Å². The molecule has 6 amide bonds. The number of halogens is 2.